The van der Waals surface area contributed by atoms with Gasteiger partial charge in [0.1, 0.15) is 5.75 Å². The lowest BCUT2D eigenvalue weighted by Gasteiger charge is -2.32. The normalized spacial score (nSPS) is 17.4. The SMILES string of the molecule is COc1cc(C(=O)O)ccc1CN1CCN(C)CC1. The smallest absolute Gasteiger partial charge is 0.335 e. The lowest BCUT2D eigenvalue weighted by molar-refractivity contribution is 0.0696. The number of carbonyl (C=O) groups is 1. The van der Waals surface area contributed by atoms with Crippen LogP contribution in [0, 0.1) is 0 Å². The Balaban J connectivity index is 2.09. The molecule has 0 aliphatic carbocycles. The Morgan fingerprint density at radius 1 is 1.32 bits per heavy atom. The molecule has 0 aromatic heterocycles. The number of methoxy groups -OCH3 is 1. The number of piperazine rings is 1. The van der Waals surface area contributed by atoms with Crippen LogP contribution in [0.15, 0.2) is 18.2 Å². The molecule has 5 nitrogen and oxygen atoms in total. The van der Waals surface area contributed by atoms with Crippen molar-refractivity contribution in [2.75, 3.05) is 40.3 Å². The molecule has 0 spiro atoms. The van der Waals surface area contributed by atoms with Crippen molar-refractivity contribution in [3.05, 3.63) is 29.3 Å². The topological polar surface area (TPSA) is 53.0 Å². The molecule has 1 heterocycles. The first-order valence-electron chi connectivity index (χ1n) is 6.41. The summed E-state index contributed by atoms with van der Waals surface area (Å²) in [5.41, 5.74) is 1.30. The van der Waals surface area contributed by atoms with E-state index in [0.717, 1.165) is 38.3 Å². The lowest BCUT2D eigenvalue weighted by atomic mass is 10.1. The first-order chi connectivity index (χ1) is 9.10. The number of nitrogens with zero attached hydrogens (tertiary/aromatic N) is 2. The van der Waals surface area contributed by atoms with Gasteiger partial charge in [-0.15, -0.1) is 0 Å². The van der Waals surface area contributed by atoms with Gasteiger partial charge in [-0.05, 0) is 19.2 Å². The van der Waals surface area contributed by atoms with Crippen LogP contribution in [0.5, 0.6) is 5.75 Å². The van der Waals surface area contributed by atoms with Crippen molar-refractivity contribution in [2.45, 2.75) is 6.54 Å². The number of carboxylic acid groups (broad SMARTS) is 1. The Labute approximate surface area is 113 Å². The molecule has 0 unspecified atom stereocenters. The van der Waals surface area contributed by atoms with Crippen LogP contribution in [0.3, 0.4) is 0 Å². The van der Waals surface area contributed by atoms with Gasteiger partial charge in [-0.2, -0.15) is 0 Å². The molecule has 5 heteroatoms. The van der Waals surface area contributed by atoms with Crippen molar-refractivity contribution in [1.82, 2.24) is 9.80 Å². The van der Waals surface area contributed by atoms with E-state index >= 15 is 0 Å². The predicted molar refractivity (Wildman–Crippen MR) is 72.7 cm³/mol. The van der Waals surface area contributed by atoms with Gasteiger partial charge in [-0.25, -0.2) is 4.79 Å². The molecule has 1 aromatic carbocycles. The van der Waals surface area contributed by atoms with Crippen LogP contribution in [-0.2, 0) is 6.54 Å². The number of hydrogen-bond donors (Lipinski definition) is 1. The van der Waals surface area contributed by atoms with Gasteiger partial charge in [-0.3, -0.25) is 4.90 Å². The highest BCUT2D eigenvalue weighted by molar-refractivity contribution is 5.88. The number of likely N-dealkylation sites (N-methyl/N-ethyl adjacent to an activating group) is 1. The first-order valence-corrected chi connectivity index (χ1v) is 6.41. The summed E-state index contributed by atoms with van der Waals surface area (Å²) >= 11 is 0. The van der Waals surface area contributed by atoms with Crippen LogP contribution in [0.2, 0.25) is 0 Å². The average Bonchev–Trinajstić information content (AvgIpc) is 2.41. The van der Waals surface area contributed by atoms with Gasteiger partial charge in [-0.1, -0.05) is 6.07 Å². The molecule has 0 radical (unpaired) electrons. The average molecular weight is 264 g/mol. The van der Waals surface area contributed by atoms with Gasteiger partial charge in [0, 0.05) is 38.3 Å². The molecular weight excluding hydrogens is 244 g/mol. The Kier molecular flexibility index (Phi) is 4.39. The lowest BCUT2D eigenvalue weighted by Crippen LogP contribution is -2.43. The molecule has 104 valence electrons. The molecule has 1 aromatic rings. The van der Waals surface area contributed by atoms with Crippen LogP contribution >= 0.6 is 0 Å². The van der Waals surface area contributed by atoms with Crippen molar-refractivity contribution in [3.63, 3.8) is 0 Å². The van der Waals surface area contributed by atoms with Crippen molar-refractivity contribution in [3.8, 4) is 5.75 Å². The zero-order valence-electron chi connectivity index (χ0n) is 11.4. The fourth-order valence-corrected chi connectivity index (χ4v) is 2.26. The van der Waals surface area contributed by atoms with Gasteiger partial charge in [0.05, 0.1) is 12.7 Å². The minimum Gasteiger partial charge on any atom is -0.496 e. The fraction of sp³-hybridized carbons (Fsp3) is 0.500. The highest BCUT2D eigenvalue weighted by atomic mass is 16.5. The fourth-order valence-electron chi connectivity index (χ4n) is 2.26. The highest BCUT2D eigenvalue weighted by Gasteiger charge is 2.16. The molecular formula is C14H20N2O3. The number of hydrogen-bond acceptors (Lipinski definition) is 4. The molecule has 1 N–H and O–H groups in total. The van der Waals surface area contributed by atoms with E-state index in [1.54, 1.807) is 19.2 Å². The second kappa shape index (κ2) is 6.04. The molecule has 2 rings (SSSR count). The number of aromatic carboxylic acids is 1. The molecule has 0 saturated carbocycles. The summed E-state index contributed by atoms with van der Waals surface area (Å²) in [5, 5.41) is 8.97. The molecule has 0 bridgehead atoms. The van der Waals surface area contributed by atoms with Crippen molar-refractivity contribution in [1.29, 1.82) is 0 Å². The summed E-state index contributed by atoms with van der Waals surface area (Å²) in [5.74, 6) is -0.275. The summed E-state index contributed by atoms with van der Waals surface area (Å²) in [6, 6.07) is 5.07. The molecule has 1 fully saturated rings. The first kappa shape index (κ1) is 13.8. The van der Waals surface area contributed by atoms with E-state index in [1.807, 2.05) is 6.07 Å². The molecule has 1 saturated heterocycles. The molecule has 19 heavy (non-hydrogen) atoms. The van der Waals surface area contributed by atoms with Crippen LogP contribution in [-0.4, -0.2) is 61.2 Å². The second-order valence-electron chi connectivity index (χ2n) is 4.91. The summed E-state index contributed by atoms with van der Waals surface area (Å²) in [6.45, 7) is 4.99. The number of benzene rings is 1. The standard InChI is InChI=1S/C14H20N2O3/c1-15-5-7-16(8-6-15)10-12-4-3-11(14(17)18)9-13(12)19-2/h3-4,9H,5-8,10H2,1-2H3,(H,17,18). The zero-order chi connectivity index (χ0) is 13.8. The predicted octanol–water partition coefficient (Wildman–Crippen LogP) is 1.14. The van der Waals surface area contributed by atoms with E-state index in [1.165, 1.54) is 0 Å². The van der Waals surface area contributed by atoms with Crippen molar-refractivity contribution < 1.29 is 14.6 Å². The molecule has 1 aliphatic heterocycles. The molecule has 0 atom stereocenters. The summed E-state index contributed by atoms with van der Waals surface area (Å²) in [4.78, 5) is 15.6. The van der Waals surface area contributed by atoms with Crippen molar-refractivity contribution >= 4 is 5.97 Å². The summed E-state index contributed by atoms with van der Waals surface area (Å²) in [6.07, 6.45) is 0. The van der Waals surface area contributed by atoms with Gasteiger partial charge >= 0.3 is 5.97 Å². The van der Waals surface area contributed by atoms with Crippen LogP contribution < -0.4 is 4.74 Å². The minimum atomic E-state index is -0.926. The molecule has 0 amide bonds. The Hall–Kier alpha value is -1.59. The maximum Gasteiger partial charge on any atom is 0.335 e. The van der Waals surface area contributed by atoms with Crippen LogP contribution in [0.1, 0.15) is 15.9 Å². The Morgan fingerprint density at radius 3 is 2.58 bits per heavy atom. The van der Waals surface area contributed by atoms with Gasteiger partial charge < -0.3 is 14.7 Å². The minimum absolute atomic E-state index is 0.263. The Morgan fingerprint density at radius 2 is 2.00 bits per heavy atom. The Bertz CT molecular complexity index is 454. The monoisotopic (exact) mass is 264 g/mol. The maximum atomic E-state index is 10.9. The zero-order valence-corrected chi connectivity index (χ0v) is 11.4. The second-order valence-corrected chi connectivity index (χ2v) is 4.91. The van der Waals surface area contributed by atoms with Crippen molar-refractivity contribution in [2.24, 2.45) is 0 Å². The summed E-state index contributed by atoms with van der Waals surface area (Å²) < 4.78 is 5.30. The number of ether oxygens (including phenoxy) is 1. The highest BCUT2D eigenvalue weighted by Crippen LogP contribution is 2.22. The van der Waals surface area contributed by atoms with Gasteiger partial charge in [0.15, 0.2) is 0 Å². The van der Waals surface area contributed by atoms with Crippen LogP contribution in [0.25, 0.3) is 0 Å². The number of carboxylic acids is 1. The third-order valence-electron chi connectivity index (χ3n) is 3.52. The van der Waals surface area contributed by atoms with E-state index in [-0.39, 0.29) is 5.56 Å². The van der Waals surface area contributed by atoms with E-state index in [2.05, 4.69) is 16.8 Å². The van der Waals surface area contributed by atoms with E-state index in [9.17, 15) is 4.79 Å². The van der Waals surface area contributed by atoms with E-state index < -0.39 is 5.97 Å². The third kappa shape index (κ3) is 3.45. The number of rotatable bonds is 4. The largest absolute Gasteiger partial charge is 0.496 e. The van der Waals surface area contributed by atoms with Crippen LogP contribution in [0.4, 0.5) is 0 Å². The summed E-state index contributed by atoms with van der Waals surface area (Å²) in [7, 11) is 3.70. The maximum absolute atomic E-state index is 10.9. The van der Waals surface area contributed by atoms with Gasteiger partial charge in [0.2, 0.25) is 0 Å². The quantitative estimate of drug-likeness (QED) is 0.884. The third-order valence-corrected chi connectivity index (χ3v) is 3.52. The van der Waals surface area contributed by atoms with E-state index in [4.69, 9.17) is 9.84 Å². The molecule has 1 aliphatic rings. The van der Waals surface area contributed by atoms with Gasteiger partial charge in [0.25, 0.3) is 0 Å². The van der Waals surface area contributed by atoms with E-state index in [0.29, 0.717) is 5.75 Å².